The Morgan fingerprint density at radius 1 is 1.17 bits per heavy atom. The Morgan fingerprint density at radius 2 is 1.61 bits per heavy atom. The molecule has 0 radical (unpaired) electrons. The zero-order chi connectivity index (χ0) is 13.5. The number of hydrogen-bond acceptors (Lipinski definition) is 3. The van der Waals surface area contributed by atoms with Crippen molar-refractivity contribution in [2.24, 2.45) is 0 Å². The van der Waals surface area contributed by atoms with Crippen molar-refractivity contribution in [1.82, 2.24) is 0 Å². The van der Waals surface area contributed by atoms with Crippen molar-refractivity contribution in [2.45, 2.75) is 6.92 Å². The zero-order valence-electron chi connectivity index (χ0n) is 9.96. The van der Waals surface area contributed by atoms with Crippen LogP contribution in [-0.2, 0) is 9.59 Å². The maximum absolute atomic E-state index is 11.2. The van der Waals surface area contributed by atoms with Gasteiger partial charge in [0.05, 0.1) is 11.8 Å². The van der Waals surface area contributed by atoms with E-state index in [9.17, 15) is 9.59 Å². The molecule has 0 aromatic heterocycles. The largest absolute Gasteiger partial charge is 0.269 e. The first-order chi connectivity index (χ1) is 8.56. The Kier molecular flexibility index (Phi) is 4.58. The van der Waals surface area contributed by atoms with E-state index in [1.807, 2.05) is 12.1 Å². The average Bonchev–Trinajstić information content (AvgIpc) is 2.71. The second-order valence-corrected chi connectivity index (χ2v) is 3.57. The van der Waals surface area contributed by atoms with E-state index < -0.39 is 0 Å². The van der Waals surface area contributed by atoms with Gasteiger partial charge in [-0.3, -0.25) is 9.59 Å². The van der Waals surface area contributed by atoms with Crippen LogP contribution < -0.4 is 4.90 Å². The Labute approximate surface area is 105 Å². The number of nitriles is 1. The van der Waals surface area contributed by atoms with Gasteiger partial charge in [-0.25, -0.2) is 4.90 Å². The number of imide groups is 1. The maximum Gasteiger partial charge on any atom is 0.258 e. The molecule has 1 aromatic rings. The molecular weight excluding hydrogens is 228 g/mol. The third-order valence-corrected chi connectivity index (χ3v) is 2.01. The summed E-state index contributed by atoms with van der Waals surface area (Å²) in [5.74, 6) is -0.563. The lowest BCUT2D eigenvalue weighted by molar-refractivity contribution is -0.119. The molecule has 0 bridgehead atoms. The van der Waals surface area contributed by atoms with Gasteiger partial charge in [-0.1, -0.05) is 24.8 Å². The standard InChI is InChI=1S/C10H7NO2.C4H5N/c12-9-6-7-10(13)11(9)8-4-2-1-3-5-8;1-4(2)3-5/h1-7H;1H2,2H3. The minimum Gasteiger partial charge on any atom is -0.269 e. The predicted molar refractivity (Wildman–Crippen MR) is 68.5 cm³/mol. The molecule has 0 saturated heterocycles. The number of para-hydroxylation sites is 1. The highest BCUT2D eigenvalue weighted by Gasteiger charge is 2.24. The SMILES string of the molecule is C=C(C)C#N.O=C1C=CC(=O)N1c1ccccc1. The molecule has 2 amide bonds. The molecule has 1 aliphatic rings. The summed E-state index contributed by atoms with van der Waals surface area (Å²) in [5.41, 5.74) is 1.17. The molecular formula is C14H12N2O2. The van der Waals surface area contributed by atoms with Crippen LogP contribution in [0.3, 0.4) is 0 Å². The number of rotatable bonds is 1. The van der Waals surface area contributed by atoms with Crippen LogP contribution in [0.4, 0.5) is 5.69 Å². The topological polar surface area (TPSA) is 61.2 Å². The molecule has 0 unspecified atom stereocenters. The summed E-state index contributed by atoms with van der Waals surface area (Å²) < 4.78 is 0. The van der Waals surface area contributed by atoms with Gasteiger partial charge in [0.15, 0.2) is 0 Å². The molecule has 18 heavy (non-hydrogen) atoms. The van der Waals surface area contributed by atoms with Crippen LogP contribution in [0.25, 0.3) is 0 Å². The monoisotopic (exact) mass is 240 g/mol. The van der Waals surface area contributed by atoms with Crippen LogP contribution in [0.5, 0.6) is 0 Å². The van der Waals surface area contributed by atoms with Gasteiger partial charge in [-0.15, -0.1) is 0 Å². The second-order valence-electron chi connectivity index (χ2n) is 3.57. The lowest BCUT2D eigenvalue weighted by Gasteiger charge is -2.12. The highest BCUT2D eigenvalue weighted by molar-refractivity contribution is 6.28. The van der Waals surface area contributed by atoms with E-state index in [1.165, 1.54) is 12.2 Å². The summed E-state index contributed by atoms with van der Waals surface area (Å²) in [4.78, 5) is 23.5. The molecule has 0 spiro atoms. The molecule has 0 fully saturated rings. The van der Waals surface area contributed by atoms with Gasteiger partial charge in [0.2, 0.25) is 0 Å². The van der Waals surface area contributed by atoms with Crippen LogP contribution in [0.1, 0.15) is 6.92 Å². The Morgan fingerprint density at radius 3 is 2.00 bits per heavy atom. The summed E-state index contributed by atoms with van der Waals surface area (Å²) in [5, 5.41) is 7.79. The third kappa shape index (κ3) is 3.42. The molecule has 1 heterocycles. The molecule has 2 rings (SSSR count). The van der Waals surface area contributed by atoms with Gasteiger partial charge in [-0.2, -0.15) is 5.26 Å². The molecule has 4 heteroatoms. The van der Waals surface area contributed by atoms with E-state index in [0.29, 0.717) is 11.3 Å². The van der Waals surface area contributed by atoms with E-state index in [-0.39, 0.29) is 11.8 Å². The molecule has 0 atom stereocenters. The fourth-order valence-corrected chi connectivity index (χ4v) is 1.23. The highest BCUT2D eigenvalue weighted by Crippen LogP contribution is 2.17. The van der Waals surface area contributed by atoms with Crippen molar-refractivity contribution in [3.63, 3.8) is 0 Å². The summed E-state index contributed by atoms with van der Waals surface area (Å²) in [6.07, 6.45) is 2.55. The molecule has 0 aliphatic carbocycles. The number of allylic oxidation sites excluding steroid dienone is 1. The van der Waals surface area contributed by atoms with Crippen molar-refractivity contribution in [3.8, 4) is 6.07 Å². The predicted octanol–water partition coefficient (Wildman–Crippen LogP) is 2.20. The van der Waals surface area contributed by atoms with E-state index in [1.54, 1.807) is 31.2 Å². The average molecular weight is 240 g/mol. The maximum atomic E-state index is 11.2. The van der Waals surface area contributed by atoms with Gasteiger partial charge in [0.25, 0.3) is 11.8 Å². The molecule has 4 nitrogen and oxygen atoms in total. The van der Waals surface area contributed by atoms with Gasteiger partial charge < -0.3 is 0 Å². The number of nitrogens with zero attached hydrogens (tertiary/aromatic N) is 2. The van der Waals surface area contributed by atoms with Crippen molar-refractivity contribution in [2.75, 3.05) is 4.90 Å². The Balaban J connectivity index is 0.000000280. The number of benzene rings is 1. The van der Waals surface area contributed by atoms with Crippen molar-refractivity contribution < 1.29 is 9.59 Å². The van der Waals surface area contributed by atoms with Crippen LogP contribution in [0, 0.1) is 11.3 Å². The summed E-state index contributed by atoms with van der Waals surface area (Å²) in [6.45, 7) is 4.98. The highest BCUT2D eigenvalue weighted by atomic mass is 16.2. The second kappa shape index (κ2) is 6.16. The van der Waals surface area contributed by atoms with Gasteiger partial charge in [-0.05, 0) is 19.1 Å². The number of anilines is 1. The van der Waals surface area contributed by atoms with Gasteiger partial charge in [0.1, 0.15) is 0 Å². The van der Waals surface area contributed by atoms with E-state index in [0.717, 1.165) is 4.90 Å². The quantitative estimate of drug-likeness (QED) is 0.558. The van der Waals surface area contributed by atoms with Crippen LogP contribution in [0.2, 0.25) is 0 Å². The lowest BCUT2D eigenvalue weighted by Crippen LogP contribution is -2.29. The first kappa shape index (κ1) is 13.4. The van der Waals surface area contributed by atoms with Crippen molar-refractivity contribution in [3.05, 3.63) is 54.6 Å². The number of carbonyl (C=O) groups is 2. The smallest absolute Gasteiger partial charge is 0.258 e. The fourth-order valence-electron chi connectivity index (χ4n) is 1.23. The number of carbonyl (C=O) groups excluding carboxylic acids is 2. The molecule has 0 N–H and O–H groups in total. The first-order valence-electron chi connectivity index (χ1n) is 5.23. The summed E-state index contributed by atoms with van der Waals surface area (Å²) >= 11 is 0. The number of amides is 2. The van der Waals surface area contributed by atoms with Crippen LogP contribution >= 0.6 is 0 Å². The molecule has 90 valence electrons. The lowest BCUT2D eigenvalue weighted by atomic mass is 10.3. The number of hydrogen-bond donors (Lipinski definition) is 0. The Hall–Kier alpha value is -2.67. The molecule has 1 aliphatic heterocycles. The van der Waals surface area contributed by atoms with Gasteiger partial charge >= 0.3 is 0 Å². The third-order valence-electron chi connectivity index (χ3n) is 2.01. The van der Waals surface area contributed by atoms with Gasteiger partial charge in [0, 0.05) is 17.7 Å². The normalized spacial score (nSPS) is 12.8. The molecule has 0 saturated carbocycles. The molecule has 1 aromatic carbocycles. The van der Waals surface area contributed by atoms with Crippen molar-refractivity contribution >= 4 is 17.5 Å². The van der Waals surface area contributed by atoms with E-state index in [4.69, 9.17) is 5.26 Å². The van der Waals surface area contributed by atoms with E-state index >= 15 is 0 Å². The fraction of sp³-hybridized carbons (Fsp3) is 0.0714. The van der Waals surface area contributed by atoms with Crippen molar-refractivity contribution in [1.29, 1.82) is 5.26 Å². The minimum atomic E-state index is -0.281. The van der Waals surface area contributed by atoms with Crippen LogP contribution in [0.15, 0.2) is 54.6 Å². The summed E-state index contributed by atoms with van der Waals surface area (Å²) in [7, 11) is 0. The first-order valence-corrected chi connectivity index (χ1v) is 5.23. The minimum absolute atomic E-state index is 0.281. The summed E-state index contributed by atoms with van der Waals surface area (Å²) in [6, 6.07) is 10.7. The zero-order valence-corrected chi connectivity index (χ0v) is 9.96. The van der Waals surface area contributed by atoms with Crippen LogP contribution in [-0.4, -0.2) is 11.8 Å². The van der Waals surface area contributed by atoms with E-state index in [2.05, 4.69) is 6.58 Å². The Bertz CT molecular complexity index is 521.